The summed E-state index contributed by atoms with van der Waals surface area (Å²) in [6.07, 6.45) is 6.17. The minimum absolute atomic E-state index is 0.433. The summed E-state index contributed by atoms with van der Waals surface area (Å²) in [5.74, 6) is 0. The van der Waals surface area contributed by atoms with Gasteiger partial charge in [0.2, 0.25) is 0 Å². The minimum atomic E-state index is 0.433. The first-order chi connectivity index (χ1) is 6.40. The quantitative estimate of drug-likeness (QED) is 0.681. The van der Waals surface area contributed by atoms with Crippen LogP contribution in [0, 0.1) is 0 Å². The second-order valence-corrected chi connectivity index (χ2v) is 3.12. The molecular weight excluding hydrogens is 166 g/mol. The molecule has 4 nitrogen and oxygen atoms in total. The van der Waals surface area contributed by atoms with Crippen molar-refractivity contribution in [3.63, 3.8) is 0 Å². The Labute approximate surface area is 77.6 Å². The molecule has 1 aromatic heterocycles. The van der Waals surface area contributed by atoms with Gasteiger partial charge in [-0.2, -0.15) is 0 Å². The Hall–Kier alpha value is -1.32. The molecule has 0 unspecified atom stereocenters. The highest BCUT2D eigenvalue weighted by atomic mass is 16.5. The number of rotatable bonds is 2. The average Bonchev–Trinajstić information content (AvgIpc) is 2.71. The van der Waals surface area contributed by atoms with Gasteiger partial charge in [-0.1, -0.05) is 0 Å². The minimum Gasteiger partial charge on any atom is -0.467 e. The van der Waals surface area contributed by atoms with Gasteiger partial charge in [-0.15, -0.1) is 0 Å². The molecule has 0 spiro atoms. The predicted octanol–water partition coefficient (Wildman–Crippen LogP) is 1.09. The monoisotopic (exact) mass is 179 g/mol. The highest BCUT2D eigenvalue weighted by molar-refractivity contribution is 5.43. The van der Waals surface area contributed by atoms with Crippen LogP contribution < -0.4 is 9.64 Å². The van der Waals surface area contributed by atoms with Gasteiger partial charge in [-0.05, 0) is 12.8 Å². The summed E-state index contributed by atoms with van der Waals surface area (Å²) in [7, 11) is 1.57. The Balaban J connectivity index is 2.12. The summed E-state index contributed by atoms with van der Waals surface area (Å²) in [6, 6.07) is 0.433. The number of hydrogen-bond donors (Lipinski definition) is 0. The molecule has 1 aliphatic heterocycles. The van der Waals surface area contributed by atoms with Crippen molar-refractivity contribution in [2.45, 2.75) is 12.8 Å². The SMILES string of the molecule is COc1ncc(N2CCCC2)cn1. The van der Waals surface area contributed by atoms with Crippen molar-refractivity contribution in [1.29, 1.82) is 0 Å². The molecule has 4 heteroatoms. The Bertz CT molecular complexity index is 267. The van der Waals surface area contributed by atoms with Crippen LogP contribution in [-0.2, 0) is 0 Å². The van der Waals surface area contributed by atoms with Crippen LogP contribution in [-0.4, -0.2) is 30.2 Å². The van der Waals surface area contributed by atoms with E-state index in [1.807, 2.05) is 12.4 Å². The molecule has 13 heavy (non-hydrogen) atoms. The Morgan fingerprint density at radius 2 is 1.85 bits per heavy atom. The molecule has 2 heterocycles. The van der Waals surface area contributed by atoms with Gasteiger partial charge in [-0.3, -0.25) is 0 Å². The summed E-state index contributed by atoms with van der Waals surface area (Å²) in [5.41, 5.74) is 1.10. The third kappa shape index (κ3) is 1.71. The molecule has 0 N–H and O–H groups in total. The first-order valence-electron chi connectivity index (χ1n) is 4.51. The van der Waals surface area contributed by atoms with E-state index in [0.717, 1.165) is 18.8 Å². The predicted molar refractivity (Wildman–Crippen MR) is 50.0 cm³/mol. The fourth-order valence-electron chi connectivity index (χ4n) is 1.55. The summed E-state index contributed by atoms with van der Waals surface area (Å²) in [4.78, 5) is 10.4. The van der Waals surface area contributed by atoms with Crippen LogP contribution in [0.3, 0.4) is 0 Å². The topological polar surface area (TPSA) is 38.2 Å². The van der Waals surface area contributed by atoms with Crippen LogP contribution in [0.15, 0.2) is 12.4 Å². The molecule has 1 aliphatic rings. The molecule has 0 aromatic carbocycles. The lowest BCUT2D eigenvalue weighted by Gasteiger charge is -2.15. The van der Waals surface area contributed by atoms with Gasteiger partial charge >= 0.3 is 6.01 Å². The number of methoxy groups -OCH3 is 1. The fourth-order valence-corrected chi connectivity index (χ4v) is 1.55. The van der Waals surface area contributed by atoms with E-state index in [-0.39, 0.29) is 0 Å². The van der Waals surface area contributed by atoms with Crippen molar-refractivity contribution < 1.29 is 4.74 Å². The Morgan fingerprint density at radius 1 is 1.23 bits per heavy atom. The number of ether oxygens (including phenoxy) is 1. The largest absolute Gasteiger partial charge is 0.467 e. The van der Waals surface area contributed by atoms with Gasteiger partial charge in [0.15, 0.2) is 0 Å². The molecule has 70 valence electrons. The van der Waals surface area contributed by atoms with Crippen molar-refractivity contribution in [3.8, 4) is 6.01 Å². The van der Waals surface area contributed by atoms with Gasteiger partial charge < -0.3 is 9.64 Å². The van der Waals surface area contributed by atoms with Crippen LogP contribution in [0.1, 0.15) is 12.8 Å². The first kappa shape index (κ1) is 8.29. The average molecular weight is 179 g/mol. The lowest BCUT2D eigenvalue weighted by atomic mass is 10.4. The van der Waals surface area contributed by atoms with E-state index in [4.69, 9.17) is 4.74 Å². The fraction of sp³-hybridized carbons (Fsp3) is 0.556. The normalized spacial score (nSPS) is 16.2. The smallest absolute Gasteiger partial charge is 0.316 e. The van der Waals surface area contributed by atoms with Crippen LogP contribution in [0.2, 0.25) is 0 Å². The van der Waals surface area contributed by atoms with E-state index in [1.54, 1.807) is 7.11 Å². The van der Waals surface area contributed by atoms with Crippen LogP contribution in [0.25, 0.3) is 0 Å². The highest BCUT2D eigenvalue weighted by Crippen LogP contribution is 2.18. The molecule has 2 rings (SSSR count). The summed E-state index contributed by atoms with van der Waals surface area (Å²) in [6.45, 7) is 2.24. The Kier molecular flexibility index (Phi) is 2.29. The number of aromatic nitrogens is 2. The first-order valence-corrected chi connectivity index (χ1v) is 4.51. The molecule has 1 saturated heterocycles. The van der Waals surface area contributed by atoms with Crippen LogP contribution >= 0.6 is 0 Å². The third-order valence-corrected chi connectivity index (χ3v) is 2.27. The second kappa shape index (κ2) is 3.60. The van der Waals surface area contributed by atoms with Gasteiger partial charge in [-0.25, -0.2) is 9.97 Å². The number of nitrogens with zero attached hydrogens (tertiary/aromatic N) is 3. The highest BCUT2D eigenvalue weighted by Gasteiger charge is 2.12. The van der Waals surface area contributed by atoms with Gasteiger partial charge in [0.25, 0.3) is 0 Å². The van der Waals surface area contributed by atoms with Crippen molar-refractivity contribution in [3.05, 3.63) is 12.4 Å². The molecular formula is C9H13N3O. The molecule has 0 bridgehead atoms. The van der Waals surface area contributed by atoms with E-state index in [9.17, 15) is 0 Å². The van der Waals surface area contributed by atoms with E-state index in [0.29, 0.717) is 6.01 Å². The van der Waals surface area contributed by atoms with Gasteiger partial charge in [0.1, 0.15) is 0 Å². The van der Waals surface area contributed by atoms with Crippen molar-refractivity contribution in [1.82, 2.24) is 9.97 Å². The van der Waals surface area contributed by atoms with E-state index in [1.165, 1.54) is 12.8 Å². The van der Waals surface area contributed by atoms with Crippen LogP contribution in [0.4, 0.5) is 5.69 Å². The van der Waals surface area contributed by atoms with Gasteiger partial charge in [0, 0.05) is 13.1 Å². The van der Waals surface area contributed by atoms with E-state index < -0.39 is 0 Å². The van der Waals surface area contributed by atoms with E-state index in [2.05, 4.69) is 14.9 Å². The summed E-state index contributed by atoms with van der Waals surface area (Å²) >= 11 is 0. The molecule has 0 radical (unpaired) electrons. The maximum atomic E-state index is 4.89. The zero-order valence-electron chi connectivity index (χ0n) is 7.73. The van der Waals surface area contributed by atoms with Gasteiger partial charge in [0.05, 0.1) is 25.2 Å². The molecule has 1 aromatic rings. The lowest BCUT2D eigenvalue weighted by molar-refractivity contribution is 0.380. The zero-order valence-corrected chi connectivity index (χ0v) is 7.73. The maximum Gasteiger partial charge on any atom is 0.316 e. The van der Waals surface area contributed by atoms with Crippen LogP contribution in [0.5, 0.6) is 6.01 Å². The molecule has 0 amide bonds. The van der Waals surface area contributed by atoms with Crippen molar-refractivity contribution >= 4 is 5.69 Å². The third-order valence-electron chi connectivity index (χ3n) is 2.27. The Morgan fingerprint density at radius 3 is 2.38 bits per heavy atom. The second-order valence-electron chi connectivity index (χ2n) is 3.12. The molecule has 0 atom stereocenters. The summed E-state index contributed by atoms with van der Waals surface area (Å²) in [5, 5.41) is 0. The number of anilines is 1. The lowest BCUT2D eigenvalue weighted by Crippen LogP contribution is -2.17. The maximum absolute atomic E-state index is 4.89. The molecule has 0 saturated carbocycles. The van der Waals surface area contributed by atoms with Crippen molar-refractivity contribution in [2.24, 2.45) is 0 Å². The van der Waals surface area contributed by atoms with Crippen molar-refractivity contribution in [2.75, 3.05) is 25.1 Å². The molecule has 0 aliphatic carbocycles. The summed E-state index contributed by atoms with van der Waals surface area (Å²) < 4.78 is 4.89. The number of hydrogen-bond acceptors (Lipinski definition) is 4. The zero-order chi connectivity index (χ0) is 9.10. The molecule has 1 fully saturated rings. The van der Waals surface area contributed by atoms with E-state index >= 15 is 0 Å². The standard InChI is InChI=1S/C9H13N3O/c1-13-9-10-6-8(7-11-9)12-4-2-3-5-12/h6-7H,2-5H2,1H3.